The minimum atomic E-state index is -0.189. The molecule has 1 atom stereocenters. The summed E-state index contributed by atoms with van der Waals surface area (Å²) in [7, 11) is 3.79. The average molecular weight is 287 g/mol. The lowest BCUT2D eigenvalue weighted by atomic mass is 10.0. The van der Waals surface area contributed by atoms with E-state index in [0.29, 0.717) is 5.02 Å². The van der Waals surface area contributed by atoms with Gasteiger partial charge in [0, 0.05) is 24.7 Å². The van der Waals surface area contributed by atoms with Crippen LogP contribution in [0.15, 0.2) is 48.5 Å². The van der Waals surface area contributed by atoms with Gasteiger partial charge in [-0.2, -0.15) is 0 Å². The van der Waals surface area contributed by atoms with Crippen LogP contribution in [0.5, 0.6) is 0 Å². The molecule has 0 aliphatic carbocycles. The van der Waals surface area contributed by atoms with Crippen molar-refractivity contribution in [3.8, 4) is 0 Å². The predicted octanol–water partition coefficient (Wildman–Crippen LogP) is 3.56. The topological polar surface area (TPSA) is 23.6 Å². The van der Waals surface area contributed by atoms with Crippen molar-refractivity contribution in [1.29, 1.82) is 0 Å². The Labute approximate surface area is 123 Å². The Morgan fingerprint density at radius 2 is 1.60 bits per heavy atom. The molecule has 0 spiro atoms. The van der Waals surface area contributed by atoms with Gasteiger partial charge in [0.05, 0.1) is 11.3 Å². The van der Waals surface area contributed by atoms with Crippen molar-refractivity contribution in [1.82, 2.24) is 4.90 Å². The molecule has 20 heavy (non-hydrogen) atoms. The highest BCUT2D eigenvalue weighted by molar-refractivity contribution is 6.31. The van der Waals surface area contributed by atoms with Crippen LogP contribution >= 0.6 is 11.6 Å². The molecule has 1 aliphatic rings. The first-order chi connectivity index (χ1) is 9.61. The van der Waals surface area contributed by atoms with Gasteiger partial charge in [0.25, 0.3) is 5.91 Å². The number of amides is 1. The number of benzene rings is 2. The van der Waals surface area contributed by atoms with Crippen LogP contribution in [-0.2, 0) is 0 Å². The highest BCUT2D eigenvalue weighted by atomic mass is 35.5. The van der Waals surface area contributed by atoms with E-state index in [1.165, 1.54) is 0 Å². The number of anilines is 1. The molecule has 0 N–H and O–H groups in total. The van der Waals surface area contributed by atoms with E-state index in [9.17, 15) is 4.79 Å². The highest BCUT2D eigenvalue weighted by Gasteiger charge is 2.34. The molecule has 4 heteroatoms. The second kappa shape index (κ2) is 4.84. The summed E-state index contributed by atoms with van der Waals surface area (Å²) in [6.45, 7) is 0. The molecule has 1 aliphatic heterocycles. The van der Waals surface area contributed by atoms with Gasteiger partial charge in [-0.1, -0.05) is 41.9 Å². The van der Waals surface area contributed by atoms with Crippen molar-refractivity contribution in [2.45, 2.75) is 6.17 Å². The fourth-order valence-electron chi connectivity index (χ4n) is 2.76. The Bertz CT molecular complexity index is 671. The zero-order valence-corrected chi connectivity index (χ0v) is 12.1. The number of para-hydroxylation sites is 1. The standard InChI is InChI=1S/C16H15ClN2O/c1-18-14-10-6-4-8-12(14)16(20)19(2)15(18)11-7-3-5-9-13(11)17/h3-10,15H,1-2H3/t15-/m0/s1. The van der Waals surface area contributed by atoms with Gasteiger partial charge in [0.2, 0.25) is 0 Å². The smallest absolute Gasteiger partial charge is 0.257 e. The van der Waals surface area contributed by atoms with E-state index in [2.05, 4.69) is 4.90 Å². The average Bonchev–Trinajstić information content (AvgIpc) is 2.47. The molecule has 1 amide bonds. The number of hydrogen-bond donors (Lipinski definition) is 0. The minimum Gasteiger partial charge on any atom is -0.350 e. The van der Waals surface area contributed by atoms with Gasteiger partial charge in [-0.15, -0.1) is 0 Å². The van der Waals surface area contributed by atoms with Gasteiger partial charge in [-0.3, -0.25) is 4.79 Å². The maximum atomic E-state index is 12.5. The summed E-state index contributed by atoms with van der Waals surface area (Å²) in [5.74, 6) is 0.0172. The number of rotatable bonds is 1. The zero-order chi connectivity index (χ0) is 14.3. The highest BCUT2D eigenvalue weighted by Crippen LogP contribution is 2.38. The second-order valence-corrected chi connectivity index (χ2v) is 5.35. The van der Waals surface area contributed by atoms with Gasteiger partial charge in [-0.05, 0) is 18.2 Å². The van der Waals surface area contributed by atoms with E-state index in [-0.39, 0.29) is 12.1 Å². The van der Waals surface area contributed by atoms with Crippen molar-refractivity contribution in [2.75, 3.05) is 19.0 Å². The molecule has 102 valence electrons. The molecule has 0 saturated carbocycles. The number of nitrogens with zero attached hydrogens (tertiary/aromatic N) is 2. The largest absolute Gasteiger partial charge is 0.350 e. The summed E-state index contributed by atoms with van der Waals surface area (Å²) < 4.78 is 0. The number of carbonyl (C=O) groups excluding carboxylic acids is 1. The third kappa shape index (κ3) is 1.86. The van der Waals surface area contributed by atoms with Gasteiger partial charge < -0.3 is 9.80 Å². The zero-order valence-electron chi connectivity index (χ0n) is 11.4. The van der Waals surface area contributed by atoms with E-state index in [1.807, 2.05) is 62.6 Å². The van der Waals surface area contributed by atoms with Crippen molar-refractivity contribution < 1.29 is 4.79 Å². The molecule has 0 fully saturated rings. The Morgan fingerprint density at radius 1 is 0.950 bits per heavy atom. The first kappa shape index (κ1) is 13.0. The van der Waals surface area contributed by atoms with Crippen molar-refractivity contribution in [3.63, 3.8) is 0 Å². The van der Waals surface area contributed by atoms with E-state index in [0.717, 1.165) is 16.8 Å². The molecule has 2 aromatic carbocycles. The molecular weight excluding hydrogens is 272 g/mol. The second-order valence-electron chi connectivity index (χ2n) is 4.94. The molecular formula is C16H15ClN2O. The van der Waals surface area contributed by atoms with E-state index in [4.69, 9.17) is 11.6 Å². The molecule has 3 nitrogen and oxygen atoms in total. The Hall–Kier alpha value is -2.00. The molecule has 1 heterocycles. The monoisotopic (exact) mass is 286 g/mol. The van der Waals surface area contributed by atoms with Crippen LogP contribution in [0.1, 0.15) is 22.1 Å². The third-order valence-corrected chi connectivity index (χ3v) is 4.10. The van der Waals surface area contributed by atoms with Gasteiger partial charge in [-0.25, -0.2) is 0 Å². The molecule has 0 radical (unpaired) electrons. The summed E-state index contributed by atoms with van der Waals surface area (Å²) in [6, 6.07) is 15.3. The lowest BCUT2D eigenvalue weighted by molar-refractivity contribution is 0.0711. The van der Waals surface area contributed by atoms with Crippen LogP contribution in [0.25, 0.3) is 0 Å². The summed E-state index contributed by atoms with van der Waals surface area (Å²) >= 11 is 6.30. The third-order valence-electron chi connectivity index (χ3n) is 3.75. The first-order valence-electron chi connectivity index (χ1n) is 6.44. The number of halogens is 1. The Morgan fingerprint density at radius 3 is 2.35 bits per heavy atom. The lowest BCUT2D eigenvalue weighted by Gasteiger charge is -2.42. The SMILES string of the molecule is CN1C(=O)c2ccccc2N(C)[C@@H]1c1ccccc1Cl. The quantitative estimate of drug-likeness (QED) is 0.800. The van der Waals surface area contributed by atoms with Crippen molar-refractivity contribution in [2.24, 2.45) is 0 Å². The normalized spacial score (nSPS) is 18.1. The summed E-state index contributed by atoms with van der Waals surface area (Å²) in [6.07, 6.45) is -0.189. The van der Waals surface area contributed by atoms with E-state index < -0.39 is 0 Å². The van der Waals surface area contributed by atoms with Crippen LogP contribution in [-0.4, -0.2) is 24.9 Å². The van der Waals surface area contributed by atoms with Crippen molar-refractivity contribution >= 4 is 23.2 Å². The minimum absolute atomic E-state index is 0.0172. The number of carbonyl (C=O) groups is 1. The Balaban J connectivity index is 2.15. The van der Waals surface area contributed by atoms with E-state index in [1.54, 1.807) is 4.90 Å². The molecule has 0 saturated heterocycles. The first-order valence-corrected chi connectivity index (χ1v) is 6.82. The fourth-order valence-corrected chi connectivity index (χ4v) is 2.99. The molecule has 0 aromatic heterocycles. The van der Waals surface area contributed by atoms with Crippen LogP contribution < -0.4 is 4.90 Å². The number of fused-ring (bicyclic) bond motifs is 1. The fraction of sp³-hybridized carbons (Fsp3) is 0.188. The maximum absolute atomic E-state index is 12.5. The molecule has 2 aromatic rings. The predicted molar refractivity (Wildman–Crippen MR) is 81.1 cm³/mol. The summed E-state index contributed by atoms with van der Waals surface area (Å²) in [4.78, 5) is 16.3. The van der Waals surface area contributed by atoms with Crippen LogP contribution in [0.3, 0.4) is 0 Å². The number of hydrogen-bond acceptors (Lipinski definition) is 2. The van der Waals surface area contributed by atoms with Gasteiger partial charge in [0.15, 0.2) is 0 Å². The maximum Gasteiger partial charge on any atom is 0.257 e. The van der Waals surface area contributed by atoms with Crippen LogP contribution in [0, 0.1) is 0 Å². The summed E-state index contributed by atoms with van der Waals surface area (Å²) in [5.41, 5.74) is 2.59. The summed E-state index contributed by atoms with van der Waals surface area (Å²) in [5, 5.41) is 0.670. The lowest BCUT2D eigenvalue weighted by Crippen LogP contribution is -2.45. The van der Waals surface area contributed by atoms with Crippen LogP contribution in [0.4, 0.5) is 5.69 Å². The van der Waals surface area contributed by atoms with Crippen molar-refractivity contribution in [3.05, 3.63) is 64.7 Å². The van der Waals surface area contributed by atoms with Crippen LogP contribution in [0.2, 0.25) is 5.02 Å². The molecule has 0 bridgehead atoms. The molecule has 3 rings (SSSR count). The molecule has 0 unspecified atom stereocenters. The van der Waals surface area contributed by atoms with E-state index >= 15 is 0 Å². The van der Waals surface area contributed by atoms with Gasteiger partial charge in [0.1, 0.15) is 6.17 Å². The van der Waals surface area contributed by atoms with Gasteiger partial charge >= 0.3 is 0 Å². The Kier molecular flexibility index (Phi) is 3.14.